The topological polar surface area (TPSA) is 0 Å². The lowest BCUT2D eigenvalue weighted by Crippen LogP contribution is -1.78. The van der Waals surface area contributed by atoms with Gasteiger partial charge in [-0.25, -0.2) is 8.78 Å². The minimum atomic E-state index is -0.924. The molecule has 1 radical (unpaired) electrons. The van der Waals surface area contributed by atoms with Crippen LogP contribution in [0.15, 0.2) is 18.2 Å². The fourth-order valence-corrected chi connectivity index (χ4v) is 0.396. The molecule has 41 valence electrons. The molecule has 0 bridgehead atoms. The Hall–Kier alpha value is -0.920. The molecule has 1 aromatic rings. The number of rotatable bonds is 0. The molecule has 8 heavy (non-hydrogen) atoms. The maximum Gasteiger partial charge on any atom is 0.166 e. The molecule has 0 nitrogen and oxygen atoms in total. The predicted molar refractivity (Wildman–Crippen MR) is 25.2 cm³/mol. The van der Waals surface area contributed by atoms with E-state index in [1.165, 1.54) is 12.1 Å². The molecule has 0 atom stereocenters. The summed E-state index contributed by atoms with van der Waals surface area (Å²) in [7, 11) is 0. The number of hydrogen-bond acceptors (Lipinski definition) is 0. The predicted octanol–water partition coefficient (Wildman–Crippen LogP) is 1.76. The van der Waals surface area contributed by atoms with Crippen molar-refractivity contribution in [2.45, 2.75) is 0 Å². The molecule has 2 heteroatoms. The van der Waals surface area contributed by atoms with Crippen LogP contribution in [0.5, 0.6) is 0 Å². The van der Waals surface area contributed by atoms with Crippen molar-refractivity contribution in [3.63, 3.8) is 0 Å². The summed E-state index contributed by atoms with van der Waals surface area (Å²) in [6.07, 6.45) is 0. The fourth-order valence-electron chi connectivity index (χ4n) is 0.396. The number of hydrogen-bond donors (Lipinski definition) is 0. The Bertz CT molecular complexity index is 163. The second kappa shape index (κ2) is 1.90. The number of halogens is 2. The van der Waals surface area contributed by atoms with E-state index in [9.17, 15) is 8.78 Å². The second-order valence-electron chi connectivity index (χ2n) is 1.33. The molecular weight excluding hydrogens is 110 g/mol. The average Bonchev–Trinajstić information content (AvgIpc) is 1.77. The molecule has 0 saturated heterocycles. The summed E-state index contributed by atoms with van der Waals surface area (Å²) in [5, 5.41) is 0. The van der Waals surface area contributed by atoms with E-state index in [-0.39, 0.29) is 0 Å². The van der Waals surface area contributed by atoms with Gasteiger partial charge in [0.05, 0.1) is 0 Å². The Balaban J connectivity index is 3.13. The Morgan fingerprint density at radius 1 is 1.38 bits per heavy atom. The highest BCUT2D eigenvalue weighted by atomic mass is 19.2. The SMILES string of the molecule is Fc1[c]cccc1F. The smallest absolute Gasteiger partial charge is 0.166 e. The van der Waals surface area contributed by atoms with E-state index in [0.717, 1.165) is 6.07 Å². The van der Waals surface area contributed by atoms with Gasteiger partial charge in [-0.15, -0.1) is 0 Å². The summed E-state index contributed by atoms with van der Waals surface area (Å²) in [4.78, 5) is 0. The molecule has 1 aromatic carbocycles. The van der Waals surface area contributed by atoms with Crippen molar-refractivity contribution in [1.82, 2.24) is 0 Å². The van der Waals surface area contributed by atoms with Gasteiger partial charge in [-0.2, -0.15) is 0 Å². The Morgan fingerprint density at radius 2 is 2.12 bits per heavy atom. The van der Waals surface area contributed by atoms with Crippen molar-refractivity contribution < 1.29 is 8.78 Å². The van der Waals surface area contributed by atoms with Gasteiger partial charge in [-0.05, 0) is 6.07 Å². The summed E-state index contributed by atoms with van der Waals surface area (Å²) in [6.45, 7) is 0. The van der Waals surface area contributed by atoms with E-state index >= 15 is 0 Å². The lowest BCUT2D eigenvalue weighted by molar-refractivity contribution is 0.507. The van der Waals surface area contributed by atoms with Crippen molar-refractivity contribution in [2.75, 3.05) is 0 Å². The molecule has 0 unspecified atom stereocenters. The zero-order chi connectivity index (χ0) is 5.98. The Labute approximate surface area is 45.8 Å². The highest BCUT2D eigenvalue weighted by Gasteiger charge is 1.94. The minimum absolute atomic E-state index is 0.854. The maximum absolute atomic E-state index is 11.9. The van der Waals surface area contributed by atoms with Gasteiger partial charge in [0.2, 0.25) is 0 Å². The van der Waals surface area contributed by atoms with Crippen molar-refractivity contribution >= 4 is 0 Å². The summed E-state index contributed by atoms with van der Waals surface area (Å²) >= 11 is 0. The summed E-state index contributed by atoms with van der Waals surface area (Å²) in [6, 6.07) is 5.81. The van der Waals surface area contributed by atoms with Crippen LogP contribution >= 0.6 is 0 Å². The van der Waals surface area contributed by atoms with Crippen LogP contribution in [0.1, 0.15) is 0 Å². The van der Waals surface area contributed by atoms with Gasteiger partial charge in [0, 0.05) is 6.07 Å². The Kier molecular flexibility index (Phi) is 1.24. The standard InChI is InChI=1S/C6H3F2/c7-5-3-1-2-4-6(5)8/h1-3H. The van der Waals surface area contributed by atoms with Crippen LogP contribution in [0.4, 0.5) is 8.78 Å². The summed E-state index contributed by atoms with van der Waals surface area (Å²) in [5.41, 5.74) is 0. The minimum Gasteiger partial charge on any atom is -0.204 e. The molecule has 0 aliphatic heterocycles. The van der Waals surface area contributed by atoms with Gasteiger partial charge >= 0.3 is 0 Å². The van der Waals surface area contributed by atoms with Gasteiger partial charge in [0.1, 0.15) is 0 Å². The van der Waals surface area contributed by atoms with E-state index in [1.54, 1.807) is 0 Å². The van der Waals surface area contributed by atoms with E-state index < -0.39 is 11.6 Å². The Morgan fingerprint density at radius 3 is 2.50 bits per heavy atom. The monoisotopic (exact) mass is 113 g/mol. The quantitative estimate of drug-likeness (QED) is 0.481. The lowest BCUT2D eigenvalue weighted by atomic mass is 10.3. The van der Waals surface area contributed by atoms with E-state index in [1.807, 2.05) is 0 Å². The molecule has 0 spiro atoms. The zero-order valence-corrected chi connectivity index (χ0v) is 3.99. The fraction of sp³-hybridized carbons (Fsp3) is 0. The van der Waals surface area contributed by atoms with Crippen molar-refractivity contribution in [1.29, 1.82) is 0 Å². The second-order valence-corrected chi connectivity index (χ2v) is 1.33. The maximum atomic E-state index is 11.9. The third-order valence-corrected chi connectivity index (χ3v) is 0.759. The molecule has 0 aliphatic carbocycles. The zero-order valence-electron chi connectivity index (χ0n) is 3.99. The van der Waals surface area contributed by atoms with E-state index in [4.69, 9.17) is 0 Å². The van der Waals surface area contributed by atoms with Crippen LogP contribution in [-0.4, -0.2) is 0 Å². The lowest BCUT2D eigenvalue weighted by Gasteiger charge is -1.84. The largest absolute Gasteiger partial charge is 0.204 e. The van der Waals surface area contributed by atoms with E-state index in [0.29, 0.717) is 0 Å². The van der Waals surface area contributed by atoms with Gasteiger partial charge in [-0.3, -0.25) is 0 Å². The molecular formula is C6H3F2. The van der Waals surface area contributed by atoms with Gasteiger partial charge < -0.3 is 0 Å². The number of benzene rings is 1. The summed E-state index contributed by atoms with van der Waals surface area (Å²) in [5.74, 6) is -1.78. The average molecular weight is 113 g/mol. The third kappa shape index (κ3) is 0.832. The van der Waals surface area contributed by atoms with Crippen LogP contribution in [0, 0.1) is 17.7 Å². The van der Waals surface area contributed by atoms with Crippen LogP contribution in [0.25, 0.3) is 0 Å². The molecule has 0 saturated carbocycles. The van der Waals surface area contributed by atoms with E-state index in [2.05, 4.69) is 6.07 Å². The van der Waals surface area contributed by atoms with Crippen LogP contribution in [-0.2, 0) is 0 Å². The highest BCUT2D eigenvalue weighted by molar-refractivity contribution is 5.03. The van der Waals surface area contributed by atoms with Gasteiger partial charge in [-0.1, -0.05) is 12.1 Å². The molecule has 1 rings (SSSR count). The first-order valence-corrected chi connectivity index (χ1v) is 2.12. The first-order chi connectivity index (χ1) is 3.80. The first kappa shape index (κ1) is 5.22. The molecule has 0 aliphatic rings. The molecule has 0 N–H and O–H groups in total. The van der Waals surface area contributed by atoms with Gasteiger partial charge in [0.15, 0.2) is 11.6 Å². The van der Waals surface area contributed by atoms with Crippen molar-refractivity contribution in [2.24, 2.45) is 0 Å². The van der Waals surface area contributed by atoms with Crippen LogP contribution < -0.4 is 0 Å². The highest BCUT2D eigenvalue weighted by Crippen LogP contribution is 2.00. The molecule has 0 heterocycles. The summed E-state index contributed by atoms with van der Waals surface area (Å²) < 4.78 is 23.8. The van der Waals surface area contributed by atoms with Crippen molar-refractivity contribution in [3.05, 3.63) is 35.9 Å². The first-order valence-electron chi connectivity index (χ1n) is 2.12. The molecule has 0 fully saturated rings. The van der Waals surface area contributed by atoms with Crippen molar-refractivity contribution in [3.8, 4) is 0 Å². The normalized spacial score (nSPS) is 9.25. The molecule has 0 aromatic heterocycles. The van der Waals surface area contributed by atoms with Gasteiger partial charge in [0.25, 0.3) is 0 Å². The van der Waals surface area contributed by atoms with Crippen LogP contribution in [0.3, 0.4) is 0 Å². The third-order valence-electron chi connectivity index (χ3n) is 0.759. The van der Waals surface area contributed by atoms with Crippen LogP contribution in [0.2, 0.25) is 0 Å². The molecule has 0 amide bonds.